The number of rotatable bonds is 8. The Morgan fingerprint density at radius 3 is 2.41 bits per heavy atom. The van der Waals surface area contributed by atoms with Gasteiger partial charge in [-0.3, -0.25) is 9.59 Å². The van der Waals surface area contributed by atoms with Crippen LogP contribution in [-0.4, -0.2) is 50.9 Å². The number of unbranched alkanes of at least 4 members (excludes halogenated alkanes) is 1. The molecular weight excluding hydrogens is 278 g/mol. The number of quaternary nitrogens is 1. The highest BCUT2D eigenvalue weighted by Gasteiger charge is 2.14. The van der Waals surface area contributed by atoms with Gasteiger partial charge in [0.15, 0.2) is 6.54 Å². The zero-order valence-electron chi connectivity index (χ0n) is 14.1. The van der Waals surface area contributed by atoms with E-state index in [2.05, 4.69) is 12.2 Å². The van der Waals surface area contributed by atoms with Gasteiger partial charge >= 0.3 is 0 Å². The molecule has 0 saturated carbocycles. The van der Waals surface area contributed by atoms with Gasteiger partial charge in [0, 0.05) is 31.8 Å². The van der Waals surface area contributed by atoms with Gasteiger partial charge in [-0.1, -0.05) is 25.5 Å². The molecule has 2 N–H and O–H groups in total. The van der Waals surface area contributed by atoms with Crippen LogP contribution >= 0.6 is 0 Å². The summed E-state index contributed by atoms with van der Waals surface area (Å²) >= 11 is 0. The van der Waals surface area contributed by atoms with Crippen molar-refractivity contribution < 1.29 is 14.5 Å². The van der Waals surface area contributed by atoms with E-state index in [1.165, 1.54) is 0 Å². The zero-order chi connectivity index (χ0) is 16.5. The molecule has 0 heterocycles. The minimum Gasteiger partial charge on any atom is -0.355 e. The van der Waals surface area contributed by atoms with Crippen LogP contribution in [0.2, 0.25) is 0 Å². The van der Waals surface area contributed by atoms with Crippen molar-refractivity contribution in [3.05, 3.63) is 35.4 Å². The van der Waals surface area contributed by atoms with E-state index in [-0.39, 0.29) is 11.8 Å². The van der Waals surface area contributed by atoms with Crippen LogP contribution in [0.4, 0.5) is 0 Å². The molecule has 1 aromatic carbocycles. The molecule has 1 rings (SSSR count). The molecular formula is C17H28N3O2+. The smallest absolute Gasteiger partial charge is 0.277 e. The highest BCUT2D eigenvalue weighted by atomic mass is 16.2. The Hall–Kier alpha value is -1.88. The first-order valence-corrected chi connectivity index (χ1v) is 7.84. The summed E-state index contributed by atoms with van der Waals surface area (Å²) < 4.78 is 0. The summed E-state index contributed by atoms with van der Waals surface area (Å²) in [5.74, 6) is 0.0907. The van der Waals surface area contributed by atoms with E-state index in [1.54, 1.807) is 7.05 Å². The summed E-state index contributed by atoms with van der Waals surface area (Å²) in [6.07, 6.45) is 2.14. The maximum atomic E-state index is 12.1. The fourth-order valence-electron chi connectivity index (χ4n) is 2.24. The predicted molar refractivity (Wildman–Crippen MR) is 87.8 cm³/mol. The maximum Gasteiger partial charge on any atom is 0.277 e. The lowest BCUT2D eigenvalue weighted by atomic mass is 10.1. The van der Waals surface area contributed by atoms with E-state index in [0.717, 1.165) is 36.4 Å². The molecule has 1 unspecified atom stereocenters. The number of nitrogens with zero attached hydrogens (tertiary/aromatic N) is 1. The summed E-state index contributed by atoms with van der Waals surface area (Å²) in [4.78, 5) is 26.5. The fourth-order valence-corrected chi connectivity index (χ4v) is 2.24. The second-order valence-corrected chi connectivity index (χ2v) is 5.76. The number of hydrogen-bond donors (Lipinski definition) is 2. The van der Waals surface area contributed by atoms with Gasteiger partial charge < -0.3 is 15.1 Å². The van der Waals surface area contributed by atoms with Gasteiger partial charge in [0.05, 0.1) is 7.05 Å². The third kappa shape index (κ3) is 5.85. The van der Waals surface area contributed by atoms with Gasteiger partial charge in [0.2, 0.25) is 0 Å². The molecule has 0 aliphatic heterocycles. The summed E-state index contributed by atoms with van der Waals surface area (Å²) in [5.41, 5.74) is 1.77. The molecule has 0 spiro atoms. The lowest BCUT2D eigenvalue weighted by Crippen LogP contribution is -3.08. The number of amides is 2. The van der Waals surface area contributed by atoms with Gasteiger partial charge in [-0.15, -0.1) is 0 Å². The zero-order valence-corrected chi connectivity index (χ0v) is 14.1. The molecule has 0 aliphatic rings. The van der Waals surface area contributed by atoms with Crippen LogP contribution in [0.3, 0.4) is 0 Å². The van der Waals surface area contributed by atoms with Crippen LogP contribution in [0.15, 0.2) is 24.3 Å². The SMILES string of the molecule is CCCCN(C)C(=O)C[NH+](C)Cc1ccc(C(=O)NC)cc1. The average Bonchev–Trinajstić information content (AvgIpc) is 2.52. The Morgan fingerprint density at radius 2 is 1.86 bits per heavy atom. The van der Waals surface area contributed by atoms with Gasteiger partial charge in [0.1, 0.15) is 6.54 Å². The van der Waals surface area contributed by atoms with E-state index in [4.69, 9.17) is 0 Å². The maximum absolute atomic E-state index is 12.1. The van der Waals surface area contributed by atoms with Crippen LogP contribution in [0.1, 0.15) is 35.7 Å². The number of nitrogens with one attached hydrogen (secondary N) is 2. The Kier molecular flexibility index (Phi) is 7.60. The minimum absolute atomic E-state index is 0.0834. The van der Waals surface area contributed by atoms with Crippen LogP contribution in [-0.2, 0) is 11.3 Å². The molecule has 5 heteroatoms. The van der Waals surface area contributed by atoms with Gasteiger partial charge in [0.25, 0.3) is 11.8 Å². The van der Waals surface area contributed by atoms with Crippen LogP contribution < -0.4 is 10.2 Å². The van der Waals surface area contributed by atoms with Crippen molar-refractivity contribution in [3.63, 3.8) is 0 Å². The standard InChI is InChI=1S/C17H27N3O2/c1-5-6-11-20(4)16(21)13-19(3)12-14-7-9-15(10-8-14)17(22)18-2/h7-10H,5-6,11-13H2,1-4H3,(H,18,22)/p+1. The number of likely N-dealkylation sites (N-methyl/N-ethyl adjacent to an activating group) is 2. The number of carbonyl (C=O) groups is 2. The second kappa shape index (κ2) is 9.20. The van der Waals surface area contributed by atoms with Crippen molar-refractivity contribution in [2.45, 2.75) is 26.3 Å². The highest BCUT2D eigenvalue weighted by molar-refractivity contribution is 5.93. The Labute approximate surface area is 133 Å². The fraction of sp³-hybridized carbons (Fsp3) is 0.529. The summed E-state index contributed by atoms with van der Waals surface area (Å²) in [6, 6.07) is 7.52. The van der Waals surface area contributed by atoms with Gasteiger partial charge in [-0.05, 0) is 18.6 Å². The highest BCUT2D eigenvalue weighted by Crippen LogP contribution is 2.03. The van der Waals surface area contributed by atoms with Crippen LogP contribution in [0.25, 0.3) is 0 Å². The first-order chi connectivity index (χ1) is 10.5. The van der Waals surface area contributed by atoms with Crippen LogP contribution in [0, 0.1) is 0 Å². The molecule has 0 aromatic heterocycles. The Balaban J connectivity index is 2.49. The third-order valence-electron chi connectivity index (χ3n) is 3.67. The normalized spacial score (nSPS) is 11.8. The van der Waals surface area contributed by atoms with Gasteiger partial charge in [-0.25, -0.2) is 0 Å². The number of carbonyl (C=O) groups excluding carboxylic acids is 2. The molecule has 5 nitrogen and oxygen atoms in total. The summed E-state index contributed by atoms with van der Waals surface area (Å²) in [5, 5.41) is 2.60. The van der Waals surface area contributed by atoms with Crippen molar-refractivity contribution in [2.24, 2.45) is 0 Å². The van der Waals surface area contributed by atoms with E-state index >= 15 is 0 Å². The van der Waals surface area contributed by atoms with Crippen molar-refractivity contribution in [2.75, 3.05) is 34.2 Å². The molecule has 122 valence electrons. The molecule has 0 saturated heterocycles. The first-order valence-electron chi connectivity index (χ1n) is 7.84. The third-order valence-corrected chi connectivity index (χ3v) is 3.67. The average molecular weight is 306 g/mol. The molecule has 1 atom stereocenters. The summed E-state index contributed by atoms with van der Waals surface area (Å²) in [6.45, 7) is 4.19. The van der Waals surface area contributed by atoms with Gasteiger partial charge in [-0.2, -0.15) is 0 Å². The molecule has 22 heavy (non-hydrogen) atoms. The lowest BCUT2D eigenvalue weighted by Gasteiger charge is -2.20. The molecule has 0 fully saturated rings. The van der Waals surface area contributed by atoms with E-state index in [9.17, 15) is 9.59 Å². The minimum atomic E-state index is -0.0834. The van der Waals surface area contributed by atoms with Crippen molar-refractivity contribution >= 4 is 11.8 Å². The Morgan fingerprint density at radius 1 is 1.23 bits per heavy atom. The van der Waals surface area contributed by atoms with E-state index in [1.807, 2.05) is 43.3 Å². The molecule has 0 radical (unpaired) electrons. The number of benzene rings is 1. The molecule has 1 aromatic rings. The first kappa shape index (κ1) is 18.2. The molecule has 2 amide bonds. The van der Waals surface area contributed by atoms with Crippen molar-refractivity contribution in [1.82, 2.24) is 10.2 Å². The second-order valence-electron chi connectivity index (χ2n) is 5.76. The molecule has 0 aliphatic carbocycles. The van der Waals surface area contributed by atoms with Crippen LogP contribution in [0.5, 0.6) is 0 Å². The number of hydrogen-bond acceptors (Lipinski definition) is 2. The van der Waals surface area contributed by atoms with Crippen molar-refractivity contribution in [1.29, 1.82) is 0 Å². The Bertz CT molecular complexity index is 485. The topological polar surface area (TPSA) is 53.9 Å². The predicted octanol–water partition coefficient (Wildman–Crippen LogP) is 0.319. The lowest BCUT2D eigenvalue weighted by molar-refractivity contribution is -0.885. The quantitative estimate of drug-likeness (QED) is 0.727. The summed E-state index contributed by atoms with van der Waals surface area (Å²) in [7, 11) is 5.50. The van der Waals surface area contributed by atoms with E-state index in [0.29, 0.717) is 12.1 Å². The largest absolute Gasteiger partial charge is 0.355 e. The van der Waals surface area contributed by atoms with E-state index < -0.39 is 0 Å². The monoisotopic (exact) mass is 306 g/mol. The van der Waals surface area contributed by atoms with Crippen molar-refractivity contribution in [3.8, 4) is 0 Å². The molecule has 0 bridgehead atoms.